The molecule has 0 saturated heterocycles. The molecule has 1 aliphatic heterocycles. The number of nitrogens with two attached hydrogens (primary N) is 1. The fraction of sp³-hybridized carbons (Fsp3) is 0.250. The van der Waals surface area contributed by atoms with E-state index in [1.54, 1.807) is 10.9 Å². The number of hydrogen-bond donors (Lipinski definition) is 2. The second-order valence-corrected chi connectivity index (χ2v) is 7.04. The van der Waals surface area contributed by atoms with Gasteiger partial charge < -0.3 is 10.8 Å². The molecule has 9 heteroatoms. The molecule has 1 aliphatic rings. The number of aliphatic hydroxyl groups excluding tert-OH is 1. The molecule has 29 heavy (non-hydrogen) atoms. The minimum atomic E-state index is -1.25. The van der Waals surface area contributed by atoms with Crippen LogP contribution in [0.1, 0.15) is 23.4 Å². The first kappa shape index (κ1) is 19.1. The van der Waals surface area contributed by atoms with Gasteiger partial charge in [-0.15, -0.1) is 10.2 Å². The minimum absolute atomic E-state index is 0.00625. The lowest BCUT2D eigenvalue weighted by atomic mass is 10.0. The van der Waals surface area contributed by atoms with Crippen molar-refractivity contribution in [3.05, 3.63) is 77.1 Å². The maximum Gasteiger partial charge on any atom is 0.336 e. The van der Waals surface area contributed by atoms with E-state index in [-0.39, 0.29) is 24.3 Å². The summed E-state index contributed by atoms with van der Waals surface area (Å²) in [6.07, 6.45) is 1.61. The number of rotatable bonds is 4. The van der Waals surface area contributed by atoms with Gasteiger partial charge in [0.2, 0.25) is 12.4 Å². The van der Waals surface area contributed by atoms with E-state index in [1.807, 2.05) is 28.8 Å². The molecular formula is C20H19F3N5O+. The van der Waals surface area contributed by atoms with Gasteiger partial charge in [0.05, 0.1) is 12.1 Å². The zero-order valence-corrected chi connectivity index (χ0v) is 15.4. The first-order chi connectivity index (χ1) is 13.9. The van der Waals surface area contributed by atoms with E-state index in [9.17, 15) is 18.3 Å². The van der Waals surface area contributed by atoms with Gasteiger partial charge in [0.25, 0.3) is 0 Å². The number of halogens is 3. The summed E-state index contributed by atoms with van der Waals surface area (Å²) in [7, 11) is 0. The van der Waals surface area contributed by atoms with Gasteiger partial charge in [0, 0.05) is 17.7 Å². The molecule has 0 unspecified atom stereocenters. The fourth-order valence-corrected chi connectivity index (χ4v) is 3.50. The van der Waals surface area contributed by atoms with Gasteiger partial charge in [-0.1, -0.05) is 18.2 Å². The van der Waals surface area contributed by atoms with Crippen LogP contribution in [0.5, 0.6) is 0 Å². The highest BCUT2D eigenvalue weighted by Gasteiger charge is 2.26. The molecule has 0 fully saturated rings. The monoisotopic (exact) mass is 402 g/mol. The summed E-state index contributed by atoms with van der Waals surface area (Å²) in [5, 5.41) is 18.7. The highest BCUT2D eigenvalue weighted by molar-refractivity contribution is 5.69. The highest BCUT2D eigenvalue weighted by atomic mass is 19.2. The number of fused-ring (bicyclic) bond motifs is 3. The number of nitrogens with zero attached hydrogens (tertiary/aromatic N) is 4. The molecule has 0 radical (unpaired) electrons. The summed E-state index contributed by atoms with van der Waals surface area (Å²) < 4.78 is 43.9. The SMILES string of the molecule is N[C@@H](CC(O)=[N+]1Cc2ccccc2-n2cnnc2C1)Cc1cc(F)c(F)cc1F. The third-order valence-electron chi connectivity index (χ3n) is 4.94. The molecule has 2 heterocycles. The van der Waals surface area contributed by atoms with Crippen molar-refractivity contribution in [3.8, 4) is 5.69 Å². The molecule has 3 N–H and O–H groups in total. The normalized spacial score (nSPS) is 16.0. The van der Waals surface area contributed by atoms with Crippen LogP contribution in [0, 0.1) is 17.5 Å². The van der Waals surface area contributed by atoms with Gasteiger partial charge in [-0.2, -0.15) is 4.58 Å². The third kappa shape index (κ3) is 3.86. The molecule has 150 valence electrons. The van der Waals surface area contributed by atoms with Gasteiger partial charge in [-0.25, -0.2) is 13.2 Å². The Morgan fingerprint density at radius 3 is 2.72 bits per heavy atom. The van der Waals surface area contributed by atoms with Crippen LogP contribution in [-0.4, -0.2) is 36.4 Å². The van der Waals surface area contributed by atoms with Crippen molar-refractivity contribution >= 4 is 5.90 Å². The van der Waals surface area contributed by atoms with Gasteiger partial charge in [0.1, 0.15) is 12.1 Å². The Balaban J connectivity index is 1.57. The smallest absolute Gasteiger partial charge is 0.336 e. The van der Waals surface area contributed by atoms with Crippen molar-refractivity contribution < 1.29 is 22.9 Å². The molecule has 0 bridgehead atoms. The molecule has 6 nitrogen and oxygen atoms in total. The molecule has 2 aromatic carbocycles. The Morgan fingerprint density at radius 1 is 1.14 bits per heavy atom. The van der Waals surface area contributed by atoms with Crippen molar-refractivity contribution in [1.82, 2.24) is 14.8 Å². The largest absolute Gasteiger partial charge is 0.463 e. The average molecular weight is 402 g/mol. The van der Waals surface area contributed by atoms with Crippen molar-refractivity contribution in [2.75, 3.05) is 0 Å². The molecule has 0 aliphatic carbocycles. The van der Waals surface area contributed by atoms with Crippen molar-refractivity contribution in [3.63, 3.8) is 0 Å². The lowest BCUT2D eigenvalue weighted by Gasteiger charge is -2.12. The topological polar surface area (TPSA) is 80.0 Å². The molecule has 0 spiro atoms. The lowest BCUT2D eigenvalue weighted by molar-refractivity contribution is -0.568. The molecule has 4 rings (SSSR count). The van der Waals surface area contributed by atoms with Gasteiger partial charge in [-0.3, -0.25) is 4.57 Å². The van der Waals surface area contributed by atoms with E-state index in [0.717, 1.165) is 17.3 Å². The Labute approximate surface area is 164 Å². The number of benzene rings is 2. The van der Waals surface area contributed by atoms with E-state index < -0.39 is 23.5 Å². The summed E-state index contributed by atoms with van der Waals surface area (Å²) in [5.41, 5.74) is 7.92. The van der Waals surface area contributed by atoms with Gasteiger partial charge in [-0.05, 0) is 24.1 Å². The van der Waals surface area contributed by atoms with Crippen LogP contribution in [0.3, 0.4) is 0 Å². The van der Waals surface area contributed by atoms with Crippen LogP contribution >= 0.6 is 0 Å². The third-order valence-corrected chi connectivity index (χ3v) is 4.94. The summed E-state index contributed by atoms with van der Waals surface area (Å²) in [6.45, 7) is 0.740. The van der Waals surface area contributed by atoms with Crippen LogP contribution < -0.4 is 5.73 Å². The lowest BCUT2D eigenvalue weighted by Crippen LogP contribution is -2.31. The quantitative estimate of drug-likeness (QED) is 0.400. The Bertz CT molecular complexity index is 1100. The summed E-state index contributed by atoms with van der Waals surface area (Å²) in [5.74, 6) is -2.59. The second-order valence-electron chi connectivity index (χ2n) is 7.04. The zero-order chi connectivity index (χ0) is 20.5. The predicted octanol–water partition coefficient (Wildman–Crippen LogP) is 2.63. The predicted molar refractivity (Wildman–Crippen MR) is 99.3 cm³/mol. The Kier molecular flexibility index (Phi) is 5.06. The molecule has 1 atom stereocenters. The van der Waals surface area contributed by atoms with Crippen LogP contribution in [-0.2, 0) is 19.5 Å². The molecule has 0 amide bonds. The van der Waals surface area contributed by atoms with Gasteiger partial charge >= 0.3 is 5.90 Å². The standard InChI is InChI=1S/C20H18F3N5O/c21-15-8-17(23)16(22)6-13(15)5-14(24)7-20(29)27-9-12-3-1-2-4-18(12)28-11-25-26-19(28)10-27/h1-4,6,8,11,14H,5,7,9-10,24H2/p+1/t14-/m1/s1. The first-order valence-corrected chi connectivity index (χ1v) is 9.08. The first-order valence-electron chi connectivity index (χ1n) is 9.08. The number of aliphatic hydroxyl groups is 1. The van der Waals surface area contributed by atoms with E-state index in [0.29, 0.717) is 25.0 Å². The van der Waals surface area contributed by atoms with E-state index in [2.05, 4.69) is 10.2 Å². The van der Waals surface area contributed by atoms with Crippen LogP contribution in [0.25, 0.3) is 5.69 Å². The minimum Gasteiger partial charge on any atom is -0.463 e. The number of aromatic nitrogens is 3. The summed E-state index contributed by atoms with van der Waals surface area (Å²) >= 11 is 0. The van der Waals surface area contributed by atoms with Crippen LogP contribution in [0.2, 0.25) is 0 Å². The van der Waals surface area contributed by atoms with E-state index in [1.165, 1.54) is 0 Å². The maximum atomic E-state index is 13.9. The molecule has 0 saturated carbocycles. The Morgan fingerprint density at radius 2 is 1.90 bits per heavy atom. The van der Waals surface area contributed by atoms with Crippen LogP contribution in [0.4, 0.5) is 13.2 Å². The second kappa shape index (κ2) is 7.67. The fourth-order valence-electron chi connectivity index (χ4n) is 3.50. The average Bonchev–Trinajstić information content (AvgIpc) is 3.07. The molecule has 3 aromatic rings. The van der Waals surface area contributed by atoms with Crippen molar-refractivity contribution in [1.29, 1.82) is 0 Å². The van der Waals surface area contributed by atoms with Crippen LogP contribution in [0.15, 0.2) is 42.7 Å². The number of hydrogen-bond acceptors (Lipinski definition) is 3. The van der Waals surface area contributed by atoms with Gasteiger partial charge in [0.15, 0.2) is 18.2 Å². The van der Waals surface area contributed by atoms with E-state index >= 15 is 0 Å². The summed E-state index contributed by atoms with van der Waals surface area (Å²) in [6, 6.07) is 8.31. The van der Waals surface area contributed by atoms with E-state index in [4.69, 9.17) is 5.73 Å². The highest BCUT2D eigenvalue weighted by Crippen LogP contribution is 2.21. The summed E-state index contributed by atoms with van der Waals surface area (Å²) in [4.78, 5) is 0. The molecular weight excluding hydrogens is 383 g/mol. The number of para-hydroxylation sites is 1. The zero-order valence-electron chi connectivity index (χ0n) is 15.4. The Hall–Kier alpha value is -3.20. The van der Waals surface area contributed by atoms with Crippen molar-refractivity contribution in [2.24, 2.45) is 5.73 Å². The van der Waals surface area contributed by atoms with Crippen molar-refractivity contribution in [2.45, 2.75) is 32.0 Å². The molecule has 1 aromatic heterocycles. The maximum absolute atomic E-state index is 13.9.